The van der Waals surface area contributed by atoms with E-state index in [1.165, 1.54) is 11.5 Å². The lowest BCUT2D eigenvalue weighted by atomic mass is 10.5. The molecule has 4 nitrogen and oxygen atoms in total. The normalized spacial score (nSPS) is 9.62. The molecule has 0 spiro atoms. The number of aromatic nitrogens is 2. The van der Waals surface area contributed by atoms with E-state index in [0.29, 0.717) is 6.54 Å². The van der Waals surface area contributed by atoms with Gasteiger partial charge in [-0.15, -0.1) is 5.10 Å². The Bertz CT molecular complexity index is 140. The molecule has 1 aromatic rings. The van der Waals surface area contributed by atoms with Gasteiger partial charge in [0.15, 0.2) is 0 Å². The van der Waals surface area contributed by atoms with Crippen LogP contribution in [0.2, 0.25) is 0 Å². The van der Waals surface area contributed by atoms with Crippen LogP contribution in [0.3, 0.4) is 0 Å². The molecule has 1 aromatic heterocycles. The molecule has 0 saturated heterocycles. The Hall–Kier alpha value is -0.520. The molecule has 0 amide bonds. The average molecular weight is 131 g/mol. The standard InChI is InChI=1S/C3H5N3OS/c7-4-1-3-2-8-6-5-3/h2,4,7H,1H2. The predicted molar refractivity (Wildman–Crippen MR) is 28.5 cm³/mol. The van der Waals surface area contributed by atoms with Crippen molar-refractivity contribution in [2.45, 2.75) is 6.54 Å². The van der Waals surface area contributed by atoms with Crippen LogP contribution in [0.15, 0.2) is 5.38 Å². The van der Waals surface area contributed by atoms with Gasteiger partial charge in [-0.3, -0.25) is 0 Å². The molecule has 1 heterocycles. The van der Waals surface area contributed by atoms with E-state index in [4.69, 9.17) is 5.21 Å². The van der Waals surface area contributed by atoms with Crippen molar-refractivity contribution in [3.05, 3.63) is 11.1 Å². The van der Waals surface area contributed by atoms with Crippen LogP contribution in [0.5, 0.6) is 0 Å². The summed E-state index contributed by atoms with van der Waals surface area (Å²) in [6, 6.07) is 0. The maximum absolute atomic E-state index is 8.12. The summed E-state index contributed by atoms with van der Waals surface area (Å²) >= 11 is 1.27. The number of nitrogens with zero attached hydrogens (tertiary/aromatic N) is 2. The van der Waals surface area contributed by atoms with Crippen LogP contribution in [-0.4, -0.2) is 14.8 Å². The Morgan fingerprint density at radius 1 is 1.88 bits per heavy atom. The Morgan fingerprint density at radius 2 is 2.75 bits per heavy atom. The van der Waals surface area contributed by atoms with Gasteiger partial charge in [-0.2, -0.15) is 5.48 Å². The van der Waals surface area contributed by atoms with Crippen molar-refractivity contribution < 1.29 is 5.21 Å². The van der Waals surface area contributed by atoms with Gasteiger partial charge in [0.25, 0.3) is 0 Å². The fourth-order valence-electron chi connectivity index (χ4n) is 0.342. The van der Waals surface area contributed by atoms with Gasteiger partial charge < -0.3 is 5.21 Å². The van der Waals surface area contributed by atoms with Crippen LogP contribution >= 0.6 is 11.5 Å². The first-order valence-corrected chi connectivity index (χ1v) is 2.90. The predicted octanol–water partition coefficient (Wildman–Crippen LogP) is 0.0169. The summed E-state index contributed by atoms with van der Waals surface area (Å²) in [4.78, 5) is 0. The molecule has 5 heteroatoms. The highest BCUT2D eigenvalue weighted by atomic mass is 32.1. The smallest absolute Gasteiger partial charge is 0.0916 e. The summed E-state index contributed by atoms with van der Waals surface area (Å²) in [5, 5.41) is 13.5. The van der Waals surface area contributed by atoms with Gasteiger partial charge in [-0.25, -0.2) is 0 Å². The third-order valence-electron chi connectivity index (χ3n) is 0.665. The molecule has 0 aliphatic heterocycles. The summed E-state index contributed by atoms with van der Waals surface area (Å²) in [5.41, 5.74) is 2.74. The molecule has 0 bridgehead atoms. The van der Waals surface area contributed by atoms with Crippen LogP contribution in [-0.2, 0) is 6.54 Å². The first-order chi connectivity index (χ1) is 3.93. The van der Waals surface area contributed by atoms with Crippen molar-refractivity contribution >= 4 is 11.5 Å². The number of hydrogen-bond acceptors (Lipinski definition) is 5. The maximum atomic E-state index is 8.12. The van der Waals surface area contributed by atoms with Gasteiger partial charge in [0, 0.05) is 5.38 Å². The number of hydrogen-bond donors (Lipinski definition) is 2. The minimum absolute atomic E-state index is 0.372. The van der Waals surface area contributed by atoms with Gasteiger partial charge in [0.05, 0.1) is 12.2 Å². The molecule has 1 rings (SSSR count). The van der Waals surface area contributed by atoms with Gasteiger partial charge >= 0.3 is 0 Å². The van der Waals surface area contributed by atoms with Gasteiger partial charge in [-0.1, -0.05) is 4.49 Å². The zero-order valence-electron chi connectivity index (χ0n) is 4.03. The molecule has 8 heavy (non-hydrogen) atoms. The van der Waals surface area contributed by atoms with E-state index in [1.54, 1.807) is 5.38 Å². The SMILES string of the molecule is ONCc1csnn1. The van der Waals surface area contributed by atoms with Crippen molar-refractivity contribution in [1.29, 1.82) is 0 Å². The van der Waals surface area contributed by atoms with E-state index in [1.807, 2.05) is 5.48 Å². The molecule has 0 atom stereocenters. The highest BCUT2D eigenvalue weighted by molar-refractivity contribution is 7.03. The first-order valence-electron chi connectivity index (χ1n) is 2.06. The summed E-state index contributed by atoms with van der Waals surface area (Å²) < 4.78 is 3.58. The second-order valence-electron chi connectivity index (χ2n) is 1.23. The van der Waals surface area contributed by atoms with Crippen LogP contribution in [0.25, 0.3) is 0 Å². The molecular weight excluding hydrogens is 126 g/mol. The third-order valence-corrected chi connectivity index (χ3v) is 1.22. The van der Waals surface area contributed by atoms with Crippen molar-refractivity contribution in [2.24, 2.45) is 0 Å². The van der Waals surface area contributed by atoms with Crippen molar-refractivity contribution in [1.82, 2.24) is 15.1 Å². The van der Waals surface area contributed by atoms with E-state index < -0.39 is 0 Å². The zero-order valence-corrected chi connectivity index (χ0v) is 4.85. The van der Waals surface area contributed by atoms with Crippen molar-refractivity contribution in [3.8, 4) is 0 Å². The fraction of sp³-hybridized carbons (Fsp3) is 0.333. The summed E-state index contributed by atoms with van der Waals surface area (Å²) in [6.07, 6.45) is 0. The van der Waals surface area contributed by atoms with E-state index in [9.17, 15) is 0 Å². The molecule has 0 radical (unpaired) electrons. The zero-order chi connectivity index (χ0) is 5.82. The van der Waals surface area contributed by atoms with Crippen LogP contribution < -0.4 is 5.48 Å². The van der Waals surface area contributed by atoms with Crippen molar-refractivity contribution in [2.75, 3.05) is 0 Å². The molecule has 0 saturated carbocycles. The molecule has 44 valence electrons. The summed E-state index contributed by atoms with van der Waals surface area (Å²) in [6.45, 7) is 0.372. The number of nitrogens with one attached hydrogen (secondary N) is 1. The largest absolute Gasteiger partial charge is 0.316 e. The lowest BCUT2D eigenvalue weighted by Gasteiger charge is -1.85. The number of hydroxylamine groups is 1. The lowest BCUT2D eigenvalue weighted by Crippen LogP contribution is -2.05. The molecule has 2 N–H and O–H groups in total. The Balaban J connectivity index is 2.50. The molecule has 0 fully saturated rings. The molecule has 0 unspecified atom stereocenters. The highest BCUT2D eigenvalue weighted by Gasteiger charge is 1.90. The maximum Gasteiger partial charge on any atom is 0.0916 e. The molecule has 0 aliphatic carbocycles. The molecular formula is C3H5N3OS. The topological polar surface area (TPSA) is 58.0 Å². The Morgan fingerprint density at radius 3 is 3.25 bits per heavy atom. The highest BCUT2D eigenvalue weighted by Crippen LogP contribution is 1.93. The average Bonchev–Trinajstić information content (AvgIpc) is 2.19. The minimum Gasteiger partial charge on any atom is -0.316 e. The van der Waals surface area contributed by atoms with Gasteiger partial charge in [0.1, 0.15) is 0 Å². The quantitative estimate of drug-likeness (QED) is 0.555. The van der Waals surface area contributed by atoms with Crippen LogP contribution in [0.4, 0.5) is 0 Å². The monoisotopic (exact) mass is 131 g/mol. The molecule has 0 aliphatic rings. The van der Waals surface area contributed by atoms with E-state index >= 15 is 0 Å². The summed E-state index contributed by atoms with van der Waals surface area (Å²) in [7, 11) is 0. The minimum atomic E-state index is 0.372. The van der Waals surface area contributed by atoms with Gasteiger partial charge in [0.2, 0.25) is 0 Å². The van der Waals surface area contributed by atoms with Gasteiger partial charge in [-0.05, 0) is 11.5 Å². The van der Waals surface area contributed by atoms with E-state index in [2.05, 4.69) is 9.59 Å². The van der Waals surface area contributed by atoms with Crippen LogP contribution in [0, 0.1) is 0 Å². The Labute approximate surface area is 50.3 Å². The lowest BCUT2D eigenvalue weighted by molar-refractivity contribution is 0.160. The fourth-order valence-corrected chi connectivity index (χ4v) is 0.793. The summed E-state index contributed by atoms with van der Waals surface area (Å²) in [5.74, 6) is 0. The second-order valence-corrected chi connectivity index (χ2v) is 1.84. The third kappa shape index (κ3) is 1.22. The van der Waals surface area contributed by atoms with Crippen LogP contribution in [0.1, 0.15) is 5.69 Å². The first kappa shape index (κ1) is 5.61. The molecule has 0 aromatic carbocycles. The number of rotatable bonds is 2. The Kier molecular flexibility index (Phi) is 1.90. The van der Waals surface area contributed by atoms with E-state index in [-0.39, 0.29) is 0 Å². The van der Waals surface area contributed by atoms with E-state index in [0.717, 1.165) is 5.69 Å². The second kappa shape index (κ2) is 2.71. The van der Waals surface area contributed by atoms with Crippen molar-refractivity contribution in [3.63, 3.8) is 0 Å².